The first kappa shape index (κ1) is 11.9. The Bertz CT molecular complexity index is 218. The van der Waals surface area contributed by atoms with Gasteiger partial charge in [-0.2, -0.15) is 0 Å². The molecule has 73 valence electrons. The number of allylic oxidation sites excluding steroid dienone is 1. The van der Waals surface area contributed by atoms with E-state index in [1.54, 1.807) is 0 Å². The van der Waals surface area contributed by atoms with Crippen molar-refractivity contribution in [2.24, 2.45) is 5.92 Å². The Balaban J connectivity index is 4.18. The van der Waals surface area contributed by atoms with Crippen LogP contribution in [0, 0.1) is 12.8 Å². The average Bonchev–Trinajstić information content (AvgIpc) is 2.03. The second-order valence-corrected chi connectivity index (χ2v) is 2.98. The summed E-state index contributed by atoms with van der Waals surface area (Å²) in [5.41, 5.74) is 0.718. The number of carbonyl (C=O) groups is 2. The van der Waals surface area contributed by atoms with Crippen LogP contribution in [0.5, 0.6) is 0 Å². The predicted octanol–water partition coefficient (Wildman–Crippen LogP) is 1.54. The minimum Gasteiger partial charge on any atom is -0.468 e. The van der Waals surface area contributed by atoms with E-state index in [2.05, 4.69) is 18.2 Å². The Morgan fingerprint density at radius 2 is 2.00 bits per heavy atom. The molecular weight excluding hydrogens is 168 g/mol. The third kappa shape index (κ3) is 4.45. The molecule has 0 aromatic heterocycles. The molecule has 0 rings (SSSR count). The standard InChI is InChI=1S/C10H15O3/c1-7(2)5-6-9(8(3)11)10(12)13-4/h9H,1-2,5-6H2,3-4H3. The summed E-state index contributed by atoms with van der Waals surface area (Å²) in [6.45, 7) is 8.58. The fourth-order valence-electron chi connectivity index (χ4n) is 0.978. The van der Waals surface area contributed by atoms with Gasteiger partial charge in [0, 0.05) is 0 Å². The molecule has 3 heteroatoms. The summed E-state index contributed by atoms with van der Waals surface area (Å²) < 4.78 is 4.50. The number of esters is 1. The van der Waals surface area contributed by atoms with Gasteiger partial charge in [0.05, 0.1) is 7.11 Å². The number of ketones is 1. The lowest BCUT2D eigenvalue weighted by molar-refractivity contribution is -0.149. The first-order valence-electron chi connectivity index (χ1n) is 4.07. The number of rotatable bonds is 5. The molecule has 0 aliphatic heterocycles. The molecule has 0 heterocycles. The van der Waals surface area contributed by atoms with Crippen LogP contribution < -0.4 is 0 Å². The zero-order valence-corrected chi connectivity index (χ0v) is 8.13. The lowest BCUT2D eigenvalue weighted by Gasteiger charge is -2.10. The lowest BCUT2D eigenvalue weighted by Crippen LogP contribution is -2.23. The van der Waals surface area contributed by atoms with Crippen molar-refractivity contribution in [1.29, 1.82) is 0 Å². The summed E-state index contributed by atoms with van der Waals surface area (Å²) in [6.07, 6.45) is 1.00. The quantitative estimate of drug-likeness (QED) is 0.479. The highest BCUT2D eigenvalue weighted by molar-refractivity contribution is 5.97. The molecular formula is C10H15O3. The summed E-state index contributed by atoms with van der Waals surface area (Å²) in [6, 6.07) is 0. The Labute approximate surface area is 78.8 Å². The van der Waals surface area contributed by atoms with Crippen molar-refractivity contribution in [3.8, 4) is 0 Å². The predicted molar refractivity (Wildman–Crippen MR) is 49.9 cm³/mol. The van der Waals surface area contributed by atoms with Crippen molar-refractivity contribution in [2.75, 3.05) is 7.11 Å². The van der Waals surface area contributed by atoms with E-state index >= 15 is 0 Å². The molecule has 0 fully saturated rings. The van der Waals surface area contributed by atoms with Gasteiger partial charge in [0.25, 0.3) is 0 Å². The van der Waals surface area contributed by atoms with Crippen LogP contribution >= 0.6 is 0 Å². The highest BCUT2D eigenvalue weighted by Crippen LogP contribution is 2.13. The van der Waals surface area contributed by atoms with Crippen LogP contribution in [0.3, 0.4) is 0 Å². The van der Waals surface area contributed by atoms with E-state index in [0.717, 1.165) is 5.57 Å². The zero-order chi connectivity index (χ0) is 10.4. The minimum absolute atomic E-state index is 0.173. The molecule has 0 amide bonds. The molecule has 0 spiro atoms. The second-order valence-electron chi connectivity index (χ2n) is 2.98. The van der Waals surface area contributed by atoms with E-state index in [1.807, 2.05) is 0 Å². The highest BCUT2D eigenvalue weighted by atomic mass is 16.5. The molecule has 0 aromatic rings. The summed E-state index contributed by atoms with van der Waals surface area (Å²) >= 11 is 0. The van der Waals surface area contributed by atoms with Gasteiger partial charge in [0.15, 0.2) is 0 Å². The highest BCUT2D eigenvalue weighted by Gasteiger charge is 2.23. The van der Waals surface area contributed by atoms with Crippen molar-refractivity contribution in [2.45, 2.75) is 19.8 Å². The molecule has 13 heavy (non-hydrogen) atoms. The van der Waals surface area contributed by atoms with Gasteiger partial charge in [-0.1, -0.05) is 12.2 Å². The molecule has 0 aromatic carbocycles. The fourth-order valence-corrected chi connectivity index (χ4v) is 0.978. The fraction of sp³-hybridized carbons (Fsp3) is 0.500. The topological polar surface area (TPSA) is 43.4 Å². The van der Waals surface area contributed by atoms with Crippen molar-refractivity contribution < 1.29 is 14.3 Å². The minimum atomic E-state index is -0.663. The largest absolute Gasteiger partial charge is 0.468 e. The van der Waals surface area contributed by atoms with Crippen LogP contribution in [0.25, 0.3) is 0 Å². The number of methoxy groups -OCH3 is 1. The monoisotopic (exact) mass is 183 g/mol. The summed E-state index contributed by atoms with van der Waals surface area (Å²) in [4.78, 5) is 22.1. The molecule has 3 nitrogen and oxygen atoms in total. The van der Waals surface area contributed by atoms with Crippen molar-refractivity contribution in [3.63, 3.8) is 0 Å². The number of hydrogen-bond acceptors (Lipinski definition) is 3. The van der Waals surface area contributed by atoms with Crippen LogP contribution in [-0.4, -0.2) is 18.9 Å². The molecule has 1 atom stereocenters. The molecule has 0 aliphatic rings. The average molecular weight is 183 g/mol. The molecule has 1 unspecified atom stereocenters. The van der Waals surface area contributed by atoms with Gasteiger partial charge in [0.2, 0.25) is 0 Å². The SMILES string of the molecule is [CH2]C(=C)CCC(C(C)=O)C(=O)OC. The van der Waals surface area contributed by atoms with Gasteiger partial charge in [-0.25, -0.2) is 0 Å². The summed E-state index contributed by atoms with van der Waals surface area (Å²) in [5, 5.41) is 0. The van der Waals surface area contributed by atoms with Gasteiger partial charge in [-0.15, -0.1) is 0 Å². The van der Waals surface area contributed by atoms with Crippen molar-refractivity contribution in [3.05, 3.63) is 19.1 Å². The van der Waals surface area contributed by atoms with Gasteiger partial charge >= 0.3 is 5.97 Å². The Kier molecular flexibility index (Phi) is 5.04. The normalized spacial score (nSPS) is 11.9. The smallest absolute Gasteiger partial charge is 0.316 e. The Morgan fingerprint density at radius 3 is 2.31 bits per heavy atom. The number of hydrogen-bond donors (Lipinski definition) is 0. The molecule has 0 N–H and O–H groups in total. The van der Waals surface area contributed by atoms with Gasteiger partial charge < -0.3 is 4.74 Å². The summed E-state index contributed by atoms with van der Waals surface area (Å²) in [7, 11) is 1.28. The maximum absolute atomic E-state index is 11.1. The van der Waals surface area contributed by atoms with Crippen LogP contribution in [-0.2, 0) is 14.3 Å². The number of Topliss-reactive ketones (excluding diaryl/α,β-unsaturated/α-hetero) is 1. The van der Waals surface area contributed by atoms with Crippen molar-refractivity contribution >= 4 is 11.8 Å². The maximum atomic E-state index is 11.1. The van der Waals surface area contributed by atoms with E-state index < -0.39 is 11.9 Å². The molecule has 0 saturated carbocycles. The third-order valence-corrected chi connectivity index (χ3v) is 1.76. The van der Waals surface area contributed by atoms with Crippen LogP contribution in [0.15, 0.2) is 12.2 Å². The number of ether oxygens (including phenoxy) is 1. The first-order chi connectivity index (χ1) is 5.99. The van der Waals surface area contributed by atoms with Crippen LogP contribution in [0.4, 0.5) is 0 Å². The van der Waals surface area contributed by atoms with Gasteiger partial charge in [0.1, 0.15) is 11.7 Å². The van der Waals surface area contributed by atoms with Gasteiger partial charge in [-0.3, -0.25) is 9.59 Å². The Hall–Kier alpha value is -1.12. The zero-order valence-electron chi connectivity index (χ0n) is 8.13. The lowest BCUT2D eigenvalue weighted by atomic mass is 9.97. The maximum Gasteiger partial charge on any atom is 0.316 e. The van der Waals surface area contributed by atoms with E-state index in [4.69, 9.17) is 0 Å². The van der Waals surface area contributed by atoms with E-state index in [0.29, 0.717) is 12.8 Å². The first-order valence-corrected chi connectivity index (χ1v) is 4.07. The van der Waals surface area contributed by atoms with Crippen LogP contribution in [0.1, 0.15) is 19.8 Å². The summed E-state index contributed by atoms with van der Waals surface area (Å²) in [5.74, 6) is -1.31. The molecule has 1 radical (unpaired) electrons. The third-order valence-electron chi connectivity index (χ3n) is 1.76. The van der Waals surface area contributed by atoms with E-state index in [9.17, 15) is 9.59 Å². The Morgan fingerprint density at radius 1 is 1.46 bits per heavy atom. The van der Waals surface area contributed by atoms with E-state index in [-0.39, 0.29) is 5.78 Å². The van der Waals surface area contributed by atoms with Gasteiger partial charge in [-0.05, 0) is 26.7 Å². The van der Waals surface area contributed by atoms with Crippen molar-refractivity contribution in [1.82, 2.24) is 0 Å². The van der Waals surface area contributed by atoms with Crippen LogP contribution in [0.2, 0.25) is 0 Å². The molecule has 0 aliphatic carbocycles. The molecule has 0 saturated heterocycles. The molecule has 0 bridgehead atoms. The number of carbonyl (C=O) groups excluding carboxylic acids is 2. The second kappa shape index (κ2) is 5.51. The van der Waals surface area contributed by atoms with E-state index in [1.165, 1.54) is 14.0 Å².